The maximum atomic E-state index is 12.1. The number of carbonyl (C=O) groups is 2. The summed E-state index contributed by atoms with van der Waals surface area (Å²) in [5.41, 5.74) is 0. The molecule has 0 aromatic rings. The van der Waals surface area contributed by atoms with Gasteiger partial charge in [-0.05, 0) is 0 Å². The minimum absolute atomic E-state index is 0.159. The predicted molar refractivity (Wildman–Crippen MR) is 70.6 cm³/mol. The van der Waals surface area contributed by atoms with Gasteiger partial charge in [-0.2, -0.15) is 0 Å². The molecular formula is C13H17N3O2. The lowest BCUT2D eigenvalue weighted by Crippen LogP contribution is -2.59. The van der Waals surface area contributed by atoms with Crippen LogP contribution in [0.2, 0.25) is 0 Å². The van der Waals surface area contributed by atoms with Crippen LogP contribution in [-0.2, 0) is 0 Å². The molecule has 0 aromatic carbocycles. The molecule has 1 aliphatic heterocycles. The third-order valence-electron chi connectivity index (χ3n) is 2.48. The highest BCUT2D eigenvalue weighted by Gasteiger charge is 2.38. The first-order chi connectivity index (χ1) is 8.58. The summed E-state index contributed by atoms with van der Waals surface area (Å²) in [6, 6.07) is -0.824. The van der Waals surface area contributed by atoms with Gasteiger partial charge in [0.15, 0.2) is 0 Å². The molecule has 4 amide bonds. The summed E-state index contributed by atoms with van der Waals surface area (Å²) in [4.78, 5) is 28.1. The summed E-state index contributed by atoms with van der Waals surface area (Å²) in [6.45, 7) is 15.2. The van der Waals surface area contributed by atoms with Crippen LogP contribution in [0.25, 0.3) is 0 Å². The molecule has 5 nitrogen and oxygen atoms in total. The molecule has 0 unspecified atom stereocenters. The smallest absolute Gasteiger partial charge is 0.276 e. The number of urea groups is 2. The van der Waals surface area contributed by atoms with E-state index < -0.39 is 12.1 Å². The number of nitrogens with zero attached hydrogens (tertiary/aromatic N) is 3. The van der Waals surface area contributed by atoms with E-state index in [0.717, 1.165) is 4.90 Å². The lowest BCUT2D eigenvalue weighted by atomic mass is 10.3. The van der Waals surface area contributed by atoms with Gasteiger partial charge in [0, 0.05) is 13.1 Å². The first kappa shape index (κ1) is 13.8. The molecule has 0 N–H and O–H groups in total. The molecule has 0 aliphatic carbocycles. The summed E-state index contributed by atoms with van der Waals surface area (Å²) in [7, 11) is 0. The predicted octanol–water partition coefficient (Wildman–Crippen LogP) is 2.18. The topological polar surface area (TPSA) is 43.9 Å². The van der Waals surface area contributed by atoms with Gasteiger partial charge in [0.1, 0.15) is 5.82 Å². The van der Waals surface area contributed by atoms with E-state index in [1.54, 1.807) is 12.2 Å². The minimum Gasteiger partial charge on any atom is -0.276 e. The third kappa shape index (κ3) is 2.34. The quantitative estimate of drug-likeness (QED) is 0.675. The molecule has 1 saturated heterocycles. The van der Waals surface area contributed by atoms with Crippen LogP contribution in [-0.4, -0.2) is 46.4 Å². The Balaban J connectivity index is 3.08. The van der Waals surface area contributed by atoms with Gasteiger partial charge in [-0.25, -0.2) is 14.5 Å². The number of amides is 4. The fourth-order valence-electron chi connectivity index (χ4n) is 1.65. The van der Waals surface area contributed by atoms with Crippen molar-refractivity contribution in [3.8, 4) is 0 Å². The van der Waals surface area contributed by atoms with E-state index in [2.05, 4.69) is 26.3 Å². The van der Waals surface area contributed by atoms with Gasteiger partial charge >= 0.3 is 12.1 Å². The molecule has 0 spiro atoms. The van der Waals surface area contributed by atoms with Crippen LogP contribution in [0.15, 0.2) is 50.4 Å². The summed E-state index contributed by atoms with van der Waals surface area (Å²) >= 11 is 0. The first-order valence-corrected chi connectivity index (χ1v) is 5.50. The number of rotatable bonds is 6. The highest BCUT2D eigenvalue weighted by atomic mass is 16.2. The first-order valence-electron chi connectivity index (χ1n) is 5.50. The lowest BCUT2D eigenvalue weighted by Gasteiger charge is -2.41. The van der Waals surface area contributed by atoms with E-state index in [1.165, 1.54) is 15.9 Å². The van der Waals surface area contributed by atoms with Crippen LogP contribution in [0.4, 0.5) is 9.59 Å². The number of carbonyl (C=O) groups excluding carboxylic acids is 2. The van der Waals surface area contributed by atoms with E-state index >= 15 is 0 Å². The lowest BCUT2D eigenvalue weighted by molar-refractivity contribution is 0.121. The van der Waals surface area contributed by atoms with Crippen molar-refractivity contribution in [2.24, 2.45) is 0 Å². The molecule has 0 atom stereocenters. The molecule has 1 rings (SSSR count). The molecule has 18 heavy (non-hydrogen) atoms. The fourth-order valence-corrected chi connectivity index (χ4v) is 1.65. The van der Waals surface area contributed by atoms with E-state index in [9.17, 15) is 9.59 Å². The highest BCUT2D eigenvalue weighted by Crippen LogP contribution is 2.20. The van der Waals surface area contributed by atoms with Crippen molar-refractivity contribution in [2.75, 3.05) is 19.6 Å². The molecular weight excluding hydrogens is 230 g/mol. The molecule has 96 valence electrons. The monoisotopic (exact) mass is 247 g/mol. The largest absolute Gasteiger partial charge is 0.334 e. The Bertz CT molecular complexity index is 335. The summed E-state index contributed by atoms with van der Waals surface area (Å²) in [5.74, 6) is 0.338. The van der Waals surface area contributed by atoms with E-state index in [1.807, 2.05) is 0 Å². The molecule has 0 saturated carbocycles. The van der Waals surface area contributed by atoms with Crippen LogP contribution in [0, 0.1) is 0 Å². The molecule has 5 heteroatoms. The van der Waals surface area contributed by atoms with E-state index in [-0.39, 0.29) is 6.54 Å². The Morgan fingerprint density at radius 1 is 0.778 bits per heavy atom. The Morgan fingerprint density at radius 3 is 1.44 bits per heavy atom. The van der Waals surface area contributed by atoms with Gasteiger partial charge in [0.05, 0.1) is 6.54 Å². The third-order valence-corrected chi connectivity index (χ3v) is 2.48. The van der Waals surface area contributed by atoms with Crippen molar-refractivity contribution in [3.05, 3.63) is 50.4 Å². The SMILES string of the molecule is C=CCN1C(=C)N(CC=C)C(=O)N(CC=C)C1=O. The molecule has 1 fully saturated rings. The fraction of sp³-hybridized carbons (Fsp3) is 0.231. The second-order valence-corrected chi connectivity index (χ2v) is 3.68. The zero-order valence-corrected chi connectivity index (χ0v) is 10.3. The zero-order valence-electron chi connectivity index (χ0n) is 10.3. The van der Waals surface area contributed by atoms with Gasteiger partial charge in [-0.15, -0.1) is 19.7 Å². The molecule has 1 aliphatic rings. The number of hydrogen-bond acceptors (Lipinski definition) is 2. The summed E-state index contributed by atoms with van der Waals surface area (Å²) in [5, 5.41) is 0. The maximum absolute atomic E-state index is 12.1. The van der Waals surface area contributed by atoms with Gasteiger partial charge in [-0.3, -0.25) is 9.80 Å². The Morgan fingerprint density at radius 2 is 1.11 bits per heavy atom. The standard InChI is InChI=1S/C13H17N3O2/c1-5-8-14-11(4)15(9-6-2)13(18)16(10-7-3)12(14)17/h5-7H,1-4,8-10H2. The van der Waals surface area contributed by atoms with Crippen LogP contribution in [0.5, 0.6) is 0 Å². The van der Waals surface area contributed by atoms with Gasteiger partial charge in [-0.1, -0.05) is 24.8 Å². The van der Waals surface area contributed by atoms with Crippen molar-refractivity contribution < 1.29 is 9.59 Å². The summed E-state index contributed by atoms with van der Waals surface area (Å²) < 4.78 is 0. The van der Waals surface area contributed by atoms with Gasteiger partial charge in [0.2, 0.25) is 0 Å². The summed E-state index contributed by atoms with van der Waals surface area (Å²) in [6.07, 6.45) is 4.66. The van der Waals surface area contributed by atoms with Crippen LogP contribution < -0.4 is 0 Å². The molecule has 0 radical (unpaired) electrons. The van der Waals surface area contributed by atoms with Gasteiger partial charge < -0.3 is 0 Å². The normalized spacial score (nSPS) is 16.0. The average molecular weight is 247 g/mol. The maximum Gasteiger partial charge on any atom is 0.334 e. The molecule has 1 heterocycles. The second kappa shape index (κ2) is 5.86. The Hall–Kier alpha value is -2.30. The van der Waals surface area contributed by atoms with Crippen LogP contribution in [0.3, 0.4) is 0 Å². The molecule has 0 aromatic heterocycles. The Labute approximate surface area is 107 Å². The minimum atomic E-state index is -0.412. The Kier molecular flexibility index (Phi) is 4.48. The second-order valence-electron chi connectivity index (χ2n) is 3.68. The number of hydrogen-bond donors (Lipinski definition) is 0. The van der Waals surface area contributed by atoms with Crippen molar-refractivity contribution in [3.63, 3.8) is 0 Å². The van der Waals surface area contributed by atoms with Crippen LogP contribution >= 0.6 is 0 Å². The van der Waals surface area contributed by atoms with Crippen LogP contribution in [0.1, 0.15) is 0 Å². The highest BCUT2D eigenvalue weighted by molar-refractivity contribution is 5.98. The van der Waals surface area contributed by atoms with Crippen molar-refractivity contribution in [2.45, 2.75) is 0 Å². The zero-order chi connectivity index (χ0) is 13.7. The van der Waals surface area contributed by atoms with E-state index in [0.29, 0.717) is 18.9 Å². The van der Waals surface area contributed by atoms with Crippen molar-refractivity contribution in [1.82, 2.24) is 14.7 Å². The molecule has 0 bridgehead atoms. The van der Waals surface area contributed by atoms with E-state index in [4.69, 9.17) is 0 Å². The average Bonchev–Trinajstić information content (AvgIpc) is 2.35. The number of imide groups is 1. The van der Waals surface area contributed by atoms with Crippen molar-refractivity contribution >= 4 is 12.1 Å². The van der Waals surface area contributed by atoms with Gasteiger partial charge in [0.25, 0.3) is 0 Å². The van der Waals surface area contributed by atoms with Crippen molar-refractivity contribution in [1.29, 1.82) is 0 Å².